The molecule has 4 rings (SSSR count). The number of hydrogen-bond acceptors (Lipinski definition) is 6. The number of nitrogens with zero attached hydrogens (tertiary/aromatic N) is 3. The van der Waals surface area contributed by atoms with Crippen LogP contribution in [0.3, 0.4) is 0 Å². The van der Waals surface area contributed by atoms with Gasteiger partial charge in [0.2, 0.25) is 0 Å². The van der Waals surface area contributed by atoms with E-state index in [4.69, 9.17) is 4.74 Å². The maximum absolute atomic E-state index is 9.99. The summed E-state index contributed by atoms with van der Waals surface area (Å²) in [5.41, 5.74) is 0.998. The second kappa shape index (κ2) is 5.24. The van der Waals surface area contributed by atoms with Crippen LogP contribution < -0.4 is 4.74 Å². The maximum Gasteiger partial charge on any atom is 0.250 e. The molecule has 3 fully saturated rings. The number of ether oxygens (including phenoxy) is 1. The lowest BCUT2D eigenvalue weighted by Crippen LogP contribution is -2.31. The Morgan fingerprint density at radius 2 is 2.10 bits per heavy atom. The Morgan fingerprint density at radius 3 is 2.95 bits per heavy atom. The van der Waals surface area contributed by atoms with Gasteiger partial charge in [0.25, 0.3) is 5.88 Å². The number of piperidine rings is 1. The van der Waals surface area contributed by atoms with Crippen LogP contribution in [0.5, 0.6) is 5.88 Å². The lowest BCUT2D eigenvalue weighted by atomic mass is 9.93. The lowest BCUT2D eigenvalue weighted by Gasteiger charge is -2.30. The summed E-state index contributed by atoms with van der Waals surface area (Å²) in [7, 11) is 0. The Balaban J connectivity index is 1.43. The van der Waals surface area contributed by atoms with Crippen LogP contribution in [0.4, 0.5) is 0 Å². The van der Waals surface area contributed by atoms with Gasteiger partial charge in [-0.15, -0.1) is 4.37 Å². The Labute approximate surface area is 123 Å². The van der Waals surface area contributed by atoms with Gasteiger partial charge >= 0.3 is 0 Å². The SMILES string of the molecule is O[C@H]1CN2C[C@H]1CCC2c1nsnc1OCCC1CC1. The van der Waals surface area contributed by atoms with Crippen LogP contribution in [0.25, 0.3) is 0 Å². The molecule has 1 N–H and O–H groups in total. The van der Waals surface area contributed by atoms with Gasteiger partial charge in [0, 0.05) is 13.1 Å². The summed E-state index contributed by atoms with van der Waals surface area (Å²) in [6, 6.07) is 0.290. The normalized spacial score (nSPS) is 36.2. The van der Waals surface area contributed by atoms with Crippen molar-refractivity contribution in [2.75, 3.05) is 19.7 Å². The molecule has 2 saturated heterocycles. The van der Waals surface area contributed by atoms with Crippen molar-refractivity contribution in [2.24, 2.45) is 11.8 Å². The van der Waals surface area contributed by atoms with E-state index >= 15 is 0 Å². The summed E-state index contributed by atoms with van der Waals surface area (Å²) >= 11 is 1.25. The Hall–Kier alpha value is -0.720. The van der Waals surface area contributed by atoms with Crippen molar-refractivity contribution in [3.8, 4) is 5.88 Å². The molecule has 110 valence electrons. The first-order valence-electron chi connectivity index (χ1n) is 7.68. The largest absolute Gasteiger partial charge is 0.476 e. The zero-order valence-corrected chi connectivity index (χ0v) is 12.4. The molecule has 2 aliphatic heterocycles. The third-order valence-electron chi connectivity index (χ3n) is 4.95. The molecule has 4 atom stereocenters. The van der Waals surface area contributed by atoms with Gasteiger partial charge in [0.1, 0.15) is 5.69 Å². The Bertz CT molecular complexity index is 475. The van der Waals surface area contributed by atoms with Crippen molar-refractivity contribution in [3.05, 3.63) is 5.69 Å². The van der Waals surface area contributed by atoms with Crippen LogP contribution >= 0.6 is 11.7 Å². The molecule has 0 spiro atoms. The summed E-state index contributed by atoms with van der Waals surface area (Å²) in [5.74, 6) is 2.08. The van der Waals surface area contributed by atoms with E-state index in [1.807, 2.05) is 0 Å². The third kappa shape index (κ3) is 2.44. The first-order valence-corrected chi connectivity index (χ1v) is 8.41. The molecular formula is C14H21N3O2S. The van der Waals surface area contributed by atoms with E-state index in [9.17, 15) is 5.11 Å². The van der Waals surface area contributed by atoms with Crippen molar-refractivity contribution >= 4 is 11.7 Å². The van der Waals surface area contributed by atoms with Gasteiger partial charge in [0.05, 0.1) is 30.5 Å². The van der Waals surface area contributed by atoms with Crippen molar-refractivity contribution in [2.45, 2.75) is 44.2 Å². The molecule has 6 heteroatoms. The van der Waals surface area contributed by atoms with Gasteiger partial charge < -0.3 is 9.84 Å². The first kappa shape index (κ1) is 13.0. The van der Waals surface area contributed by atoms with E-state index < -0.39 is 0 Å². The molecule has 0 aromatic carbocycles. The molecule has 5 nitrogen and oxygen atoms in total. The van der Waals surface area contributed by atoms with Crippen LogP contribution in [0.1, 0.15) is 43.8 Å². The van der Waals surface area contributed by atoms with Gasteiger partial charge in [-0.1, -0.05) is 12.8 Å². The fraction of sp³-hybridized carbons (Fsp3) is 0.857. The number of aromatic nitrogens is 2. The lowest BCUT2D eigenvalue weighted by molar-refractivity contribution is 0.144. The molecule has 3 heterocycles. The molecule has 1 aliphatic carbocycles. The Morgan fingerprint density at radius 1 is 1.20 bits per heavy atom. The molecule has 1 aromatic rings. The fourth-order valence-corrected chi connectivity index (χ4v) is 4.06. The molecule has 1 saturated carbocycles. The minimum Gasteiger partial charge on any atom is -0.476 e. The second-order valence-electron chi connectivity index (χ2n) is 6.41. The van der Waals surface area contributed by atoms with E-state index in [0.29, 0.717) is 5.92 Å². The minimum absolute atomic E-state index is 0.161. The molecule has 20 heavy (non-hydrogen) atoms. The average molecular weight is 295 g/mol. The molecule has 3 aliphatic rings. The molecular weight excluding hydrogens is 274 g/mol. The van der Waals surface area contributed by atoms with Gasteiger partial charge in [0.15, 0.2) is 0 Å². The summed E-state index contributed by atoms with van der Waals surface area (Å²) in [5, 5.41) is 9.99. The summed E-state index contributed by atoms with van der Waals surface area (Å²) in [6.45, 7) is 2.53. The second-order valence-corrected chi connectivity index (χ2v) is 6.94. The highest BCUT2D eigenvalue weighted by Gasteiger charge is 2.42. The van der Waals surface area contributed by atoms with E-state index in [0.717, 1.165) is 56.5 Å². The monoisotopic (exact) mass is 295 g/mol. The van der Waals surface area contributed by atoms with Crippen LogP contribution in [0, 0.1) is 11.8 Å². The number of aliphatic hydroxyl groups excluding tert-OH is 1. The van der Waals surface area contributed by atoms with Gasteiger partial charge in [-0.25, -0.2) is 0 Å². The highest BCUT2D eigenvalue weighted by molar-refractivity contribution is 6.99. The van der Waals surface area contributed by atoms with Gasteiger partial charge in [-0.2, -0.15) is 4.37 Å². The van der Waals surface area contributed by atoms with Crippen molar-refractivity contribution in [1.29, 1.82) is 0 Å². The highest BCUT2D eigenvalue weighted by atomic mass is 32.1. The van der Waals surface area contributed by atoms with E-state index in [-0.39, 0.29) is 12.1 Å². The maximum atomic E-state index is 9.99. The van der Waals surface area contributed by atoms with Crippen molar-refractivity contribution in [1.82, 2.24) is 13.6 Å². The number of aliphatic hydroxyl groups is 1. The van der Waals surface area contributed by atoms with Crippen LogP contribution in [-0.2, 0) is 0 Å². The highest BCUT2D eigenvalue weighted by Crippen LogP contribution is 2.41. The average Bonchev–Trinajstić information content (AvgIpc) is 3.08. The fourth-order valence-electron chi connectivity index (χ4n) is 3.51. The number of rotatable bonds is 5. The molecule has 0 radical (unpaired) electrons. The molecule has 2 unspecified atom stereocenters. The summed E-state index contributed by atoms with van der Waals surface area (Å²) in [6.07, 6.45) is 5.85. The zero-order chi connectivity index (χ0) is 13.5. The summed E-state index contributed by atoms with van der Waals surface area (Å²) < 4.78 is 14.7. The van der Waals surface area contributed by atoms with Gasteiger partial charge in [-0.05, 0) is 31.1 Å². The standard InChI is InChI=1S/C14H21N3O2S/c18-12-8-17-7-10(12)3-4-11(17)13-14(16-20-15-13)19-6-5-9-1-2-9/h9-12,18H,1-8H2/t10-,11?,12+/m1/s1. The predicted molar refractivity (Wildman–Crippen MR) is 75.8 cm³/mol. The quantitative estimate of drug-likeness (QED) is 0.898. The molecule has 0 amide bonds. The first-order chi connectivity index (χ1) is 9.81. The number of fused-ring (bicyclic) bond motifs is 2. The van der Waals surface area contributed by atoms with Gasteiger partial charge in [-0.3, -0.25) is 4.90 Å². The number of hydrogen-bond donors (Lipinski definition) is 1. The van der Waals surface area contributed by atoms with E-state index in [1.54, 1.807) is 0 Å². The van der Waals surface area contributed by atoms with Crippen molar-refractivity contribution in [3.63, 3.8) is 0 Å². The third-order valence-corrected chi connectivity index (χ3v) is 5.47. The topological polar surface area (TPSA) is 58.5 Å². The molecule has 1 aromatic heterocycles. The van der Waals surface area contributed by atoms with Crippen LogP contribution in [-0.4, -0.2) is 44.6 Å². The van der Waals surface area contributed by atoms with E-state index in [2.05, 4.69) is 13.6 Å². The Kier molecular flexibility index (Phi) is 3.40. The van der Waals surface area contributed by atoms with Crippen LogP contribution in [0.2, 0.25) is 0 Å². The van der Waals surface area contributed by atoms with Crippen molar-refractivity contribution < 1.29 is 9.84 Å². The summed E-state index contributed by atoms with van der Waals surface area (Å²) in [4.78, 5) is 2.35. The predicted octanol–water partition coefficient (Wildman–Crippen LogP) is 1.84. The smallest absolute Gasteiger partial charge is 0.250 e. The molecule has 2 bridgehead atoms. The van der Waals surface area contributed by atoms with Crippen LogP contribution in [0.15, 0.2) is 0 Å². The minimum atomic E-state index is -0.161. The zero-order valence-electron chi connectivity index (χ0n) is 11.6. The van der Waals surface area contributed by atoms with E-state index in [1.165, 1.54) is 24.6 Å².